The Morgan fingerprint density at radius 1 is 1.26 bits per heavy atom. The molecule has 38 heavy (non-hydrogen) atoms. The summed E-state index contributed by atoms with van der Waals surface area (Å²) >= 11 is 0. The number of hydrogen-bond acceptors (Lipinski definition) is 8. The summed E-state index contributed by atoms with van der Waals surface area (Å²) in [7, 11) is 2.72. The van der Waals surface area contributed by atoms with Gasteiger partial charge in [0.25, 0.3) is 5.56 Å². The van der Waals surface area contributed by atoms with E-state index in [1.165, 1.54) is 18.8 Å². The predicted octanol–water partition coefficient (Wildman–Crippen LogP) is 0.388. The van der Waals surface area contributed by atoms with E-state index in [0.717, 1.165) is 17.4 Å². The van der Waals surface area contributed by atoms with Crippen molar-refractivity contribution in [2.45, 2.75) is 45.4 Å². The summed E-state index contributed by atoms with van der Waals surface area (Å²) in [6.45, 7) is 2.53. The number of anilines is 1. The topological polar surface area (TPSA) is 155 Å². The molecule has 1 aliphatic rings. The van der Waals surface area contributed by atoms with Crippen molar-refractivity contribution in [3.8, 4) is 23.7 Å². The van der Waals surface area contributed by atoms with Crippen molar-refractivity contribution < 1.29 is 14.3 Å². The molecule has 2 aromatic heterocycles. The van der Waals surface area contributed by atoms with Crippen LogP contribution in [-0.2, 0) is 24.4 Å². The Morgan fingerprint density at radius 2 is 2.05 bits per heavy atom. The van der Waals surface area contributed by atoms with Gasteiger partial charge < -0.3 is 24.9 Å². The van der Waals surface area contributed by atoms with Crippen molar-refractivity contribution in [2.24, 2.45) is 5.73 Å². The summed E-state index contributed by atoms with van der Waals surface area (Å²) in [5.41, 5.74) is 5.79. The van der Waals surface area contributed by atoms with Gasteiger partial charge in [-0.3, -0.25) is 18.5 Å². The Bertz CT molecular complexity index is 1600. The van der Waals surface area contributed by atoms with Gasteiger partial charge in [-0.15, -0.1) is 5.92 Å². The third-order valence-electron chi connectivity index (χ3n) is 6.55. The van der Waals surface area contributed by atoms with Gasteiger partial charge >= 0.3 is 11.7 Å². The standard InChI is InChI=1S/C26H29N7O5/c1-4-5-12-31-22-23(29-25(31)30-11-7-9-18(28)15-30)32(16-21(34)38-3)26(36)33(24(22)35)14-17-8-6-10-20(37-2)19(17)13-27/h6,8,10,18H,7,9,11-12,14-16,28H2,1-3H3/p+1. The van der Waals surface area contributed by atoms with Gasteiger partial charge in [0.2, 0.25) is 5.95 Å². The van der Waals surface area contributed by atoms with Gasteiger partial charge in [-0.05, 0) is 31.4 Å². The summed E-state index contributed by atoms with van der Waals surface area (Å²) in [6.07, 6.45) is 1.73. The average Bonchev–Trinajstić information content (AvgIpc) is 3.31. The van der Waals surface area contributed by atoms with Crippen LogP contribution in [0.4, 0.5) is 5.95 Å². The van der Waals surface area contributed by atoms with E-state index in [-0.39, 0.29) is 42.4 Å². The quantitative estimate of drug-likeness (QED) is 0.266. The fourth-order valence-corrected chi connectivity index (χ4v) is 4.68. The number of hydrogen-bond donors (Lipinski definition) is 1. The van der Waals surface area contributed by atoms with Gasteiger partial charge in [0.1, 0.15) is 11.8 Å². The summed E-state index contributed by atoms with van der Waals surface area (Å²) < 4.78 is 14.1. The van der Waals surface area contributed by atoms with E-state index in [1.54, 1.807) is 29.7 Å². The lowest BCUT2D eigenvalue weighted by molar-refractivity contribution is 0.333. The number of rotatable bonds is 7. The van der Waals surface area contributed by atoms with Crippen LogP contribution < -0.4 is 26.6 Å². The second-order valence-corrected chi connectivity index (χ2v) is 8.91. The number of methoxy groups -OCH3 is 2. The van der Waals surface area contributed by atoms with Crippen molar-refractivity contribution in [1.29, 1.82) is 5.26 Å². The number of fused-ring (bicyclic) bond motifs is 1. The number of imidazole rings is 1. The molecule has 0 amide bonds. The molecular formula is C26H30N7O5+. The average molecular weight is 521 g/mol. The highest BCUT2D eigenvalue weighted by Gasteiger charge is 2.28. The molecular weight excluding hydrogens is 490 g/mol. The molecule has 12 nitrogen and oxygen atoms in total. The summed E-state index contributed by atoms with van der Waals surface area (Å²) in [5.74, 6) is 6.21. The molecule has 1 aromatic carbocycles. The van der Waals surface area contributed by atoms with Crippen molar-refractivity contribution >= 4 is 23.1 Å². The fourth-order valence-electron chi connectivity index (χ4n) is 4.68. The maximum Gasteiger partial charge on any atom is 0.503 e. The summed E-state index contributed by atoms with van der Waals surface area (Å²) in [4.78, 5) is 44.5. The second kappa shape index (κ2) is 11.2. The third kappa shape index (κ3) is 4.86. The number of nitrogens with two attached hydrogens (primary N) is 1. The van der Waals surface area contributed by atoms with E-state index in [9.17, 15) is 19.6 Å². The molecule has 3 aromatic rings. The SMILES string of the molecule is CC#CCn1c(N2CCCC(N)C2)nc2c1c(=O)n(Cc1cccc(OC)c1C#N)c(=O)n2CC(=[OH+])OC. The largest absolute Gasteiger partial charge is 0.503 e. The predicted molar refractivity (Wildman–Crippen MR) is 142 cm³/mol. The van der Waals surface area contributed by atoms with Gasteiger partial charge in [0.15, 0.2) is 24.8 Å². The van der Waals surface area contributed by atoms with Crippen LogP contribution >= 0.6 is 0 Å². The van der Waals surface area contributed by atoms with E-state index in [2.05, 4.69) is 17.9 Å². The van der Waals surface area contributed by atoms with Crippen molar-refractivity contribution in [3.63, 3.8) is 0 Å². The lowest BCUT2D eigenvalue weighted by atomic mass is 10.1. The smallest absolute Gasteiger partial charge is 0.495 e. The number of nitrogens with zero attached hydrogens (tertiary/aromatic N) is 6. The van der Waals surface area contributed by atoms with E-state index in [1.807, 2.05) is 4.90 Å². The zero-order valence-corrected chi connectivity index (χ0v) is 21.6. The van der Waals surface area contributed by atoms with Crippen LogP contribution in [0.1, 0.15) is 30.9 Å². The van der Waals surface area contributed by atoms with Crippen molar-refractivity contribution in [1.82, 2.24) is 18.7 Å². The van der Waals surface area contributed by atoms with Crippen LogP contribution in [0.3, 0.4) is 0 Å². The van der Waals surface area contributed by atoms with Gasteiger partial charge in [-0.2, -0.15) is 10.2 Å². The molecule has 4 rings (SSSR count). The first-order valence-corrected chi connectivity index (χ1v) is 12.1. The van der Waals surface area contributed by atoms with Crippen LogP contribution in [0, 0.1) is 23.2 Å². The van der Waals surface area contributed by atoms with Crippen LogP contribution in [0.25, 0.3) is 11.2 Å². The first kappa shape index (κ1) is 26.5. The second-order valence-electron chi connectivity index (χ2n) is 8.91. The Kier molecular flexibility index (Phi) is 7.84. The number of aromatic nitrogens is 4. The first-order chi connectivity index (χ1) is 18.3. The van der Waals surface area contributed by atoms with E-state index < -0.39 is 17.2 Å². The Labute approximate surface area is 218 Å². The van der Waals surface area contributed by atoms with Gasteiger partial charge in [0, 0.05) is 19.1 Å². The number of esters is 1. The molecule has 3 heterocycles. The molecule has 0 spiro atoms. The molecule has 0 radical (unpaired) electrons. The molecule has 1 unspecified atom stereocenters. The number of piperidine rings is 1. The molecule has 0 aliphatic carbocycles. The first-order valence-electron chi connectivity index (χ1n) is 12.1. The zero-order chi connectivity index (χ0) is 27.4. The molecule has 3 N–H and O–H groups in total. The number of carbonyl (C=O) groups excluding carboxylic acids is 1. The normalized spacial score (nSPS) is 15.0. The Morgan fingerprint density at radius 3 is 2.71 bits per heavy atom. The van der Waals surface area contributed by atoms with E-state index in [0.29, 0.717) is 30.4 Å². The minimum atomic E-state index is -0.717. The van der Waals surface area contributed by atoms with E-state index >= 15 is 0 Å². The van der Waals surface area contributed by atoms with Crippen LogP contribution in [0.2, 0.25) is 0 Å². The molecule has 0 bridgehead atoms. The molecule has 1 saturated heterocycles. The molecule has 12 heteroatoms. The maximum absolute atomic E-state index is 13.9. The third-order valence-corrected chi connectivity index (χ3v) is 6.55. The Hall–Kier alpha value is -4.55. The Balaban J connectivity index is 2.02. The van der Waals surface area contributed by atoms with Gasteiger partial charge in [-0.1, -0.05) is 18.1 Å². The van der Waals surface area contributed by atoms with Gasteiger partial charge in [-0.25, -0.2) is 4.79 Å². The molecule has 1 atom stereocenters. The zero-order valence-electron chi connectivity index (χ0n) is 21.6. The van der Waals surface area contributed by atoms with E-state index in [4.69, 9.17) is 20.2 Å². The highest BCUT2D eigenvalue weighted by molar-refractivity contribution is 5.78. The van der Waals surface area contributed by atoms with Gasteiger partial charge in [0.05, 0.1) is 25.8 Å². The number of nitriles is 1. The minimum absolute atomic E-state index is 0.0588. The van der Waals surface area contributed by atoms with Crippen LogP contribution in [-0.4, -0.2) is 62.8 Å². The molecule has 198 valence electrons. The number of ether oxygens (including phenoxy) is 2. The van der Waals surface area contributed by atoms with Crippen molar-refractivity contribution in [2.75, 3.05) is 32.2 Å². The lowest BCUT2D eigenvalue weighted by Gasteiger charge is -2.31. The van der Waals surface area contributed by atoms with Crippen molar-refractivity contribution in [3.05, 3.63) is 50.2 Å². The van der Waals surface area contributed by atoms with Crippen LogP contribution in [0.5, 0.6) is 5.75 Å². The molecule has 0 saturated carbocycles. The monoisotopic (exact) mass is 520 g/mol. The summed E-state index contributed by atoms with van der Waals surface area (Å²) in [5, 5.41) is 9.74. The maximum atomic E-state index is 13.9. The minimum Gasteiger partial charge on any atom is -0.495 e. The highest BCUT2D eigenvalue weighted by Crippen LogP contribution is 2.24. The van der Waals surface area contributed by atoms with Crippen LogP contribution in [0.15, 0.2) is 27.8 Å². The number of benzene rings is 1. The summed E-state index contributed by atoms with van der Waals surface area (Å²) in [6, 6.07) is 7.00. The fraction of sp³-hybridized carbons (Fsp3) is 0.423. The highest BCUT2D eigenvalue weighted by atomic mass is 16.5. The molecule has 1 aliphatic heterocycles. The lowest BCUT2D eigenvalue weighted by Crippen LogP contribution is -2.44. The molecule has 1 fully saturated rings.